The molecule has 1 aliphatic heterocycles. The summed E-state index contributed by atoms with van der Waals surface area (Å²) >= 11 is 6.23. The Hall–Kier alpha value is -1.36. The molecule has 0 spiro atoms. The summed E-state index contributed by atoms with van der Waals surface area (Å²) in [5.74, 6) is 1.03. The van der Waals surface area contributed by atoms with Crippen LogP contribution < -0.4 is 4.90 Å². The maximum atomic E-state index is 9.07. The van der Waals surface area contributed by atoms with Crippen molar-refractivity contribution in [2.45, 2.75) is 25.8 Å². The van der Waals surface area contributed by atoms with Gasteiger partial charge in [-0.05, 0) is 50.6 Å². The smallest absolute Gasteiger partial charge is 0.129 e. The third kappa shape index (κ3) is 3.44. The highest BCUT2D eigenvalue weighted by atomic mass is 35.5. The number of hydrogen-bond donors (Lipinski definition) is 1. The van der Waals surface area contributed by atoms with Crippen molar-refractivity contribution in [3.63, 3.8) is 0 Å². The minimum absolute atomic E-state index is 0.225. The lowest BCUT2D eigenvalue weighted by Crippen LogP contribution is -2.44. The number of aryl methyl sites for hydroxylation is 1. The number of hydrogen-bond acceptors (Lipinski definition) is 4. The number of fused-ring (bicyclic) bond motifs is 1. The molecule has 0 saturated carbocycles. The van der Waals surface area contributed by atoms with Crippen LogP contribution in [-0.4, -0.2) is 54.3 Å². The standard InChI is InChI=1S/C18H24ClN3O/c1-13-16(19)5-3-14-4-6-17(20-18(13)14)22-9-7-15(8-10-22)21(2)11-12-23/h3-6,15,23H,7-12H2,1-2H3. The van der Waals surface area contributed by atoms with Crippen LogP contribution in [0, 0.1) is 6.92 Å². The summed E-state index contributed by atoms with van der Waals surface area (Å²) < 4.78 is 0. The molecular weight excluding hydrogens is 310 g/mol. The first-order valence-corrected chi connectivity index (χ1v) is 8.60. The zero-order valence-electron chi connectivity index (χ0n) is 13.8. The molecule has 124 valence electrons. The Morgan fingerprint density at radius 3 is 2.65 bits per heavy atom. The topological polar surface area (TPSA) is 39.6 Å². The summed E-state index contributed by atoms with van der Waals surface area (Å²) in [6, 6.07) is 8.74. The lowest BCUT2D eigenvalue weighted by molar-refractivity contribution is 0.161. The zero-order chi connectivity index (χ0) is 16.4. The van der Waals surface area contributed by atoms with Gasteiger partial charge in [-0.25, -0.2) is 4.98 Å². The third-order valence-corrected chi connectivity index (χ3v) is 5.31. The molecule has 1 aliphatic rings. The van der Waals surface area contributed by atoms with Crippen molar-refractivity contribution in [3.05, 3.63) is 34.9 Å². The van der Waals surface area contributed by atoms with Gasteiger partial charge >= 0.3 is 0 Å². The summed E-state index contributed by atoms with van der Waals surface area (Å²) in [5, 5.41) is 11.0. The van der Waals surface area contributed by atoms with Crippen molar-refractivity contribution < 1.29 is 5.11 Å². The molecule has 0 atom stereocenters. The van der Waals surface area contributed by atoms with E-state index in [-0.39, 0.29) is 6.61 Å². The van der Waals surface area contributed by atoms with Crippen LogP contribution in [0.1, 0.15) is 18.4 Å². The van der Waals surface area contributed by atoms with E-state index in [9.17, 15) is 0 Å². The van der Waals surface area contributed by atoms with E-state index >= 15 is 0 Å². The number of benzene rings is 1. The second-order valence-corrected chi connectivity index (χ2v) is 6.74. The molecular formula is C18H24ClN3O. The molecule has 2 heterocycles. The average Bonchev–Trinajstić information content (AvgIpc) is 2.58. The molecule has 0 radical (unpaired) electrons. The van der Waals surface area contributed by atoms with Crippen LogP contribution in [-0.2, 0) is 0 Å². The molecule has 1 saturated heterocycles. The number of anilines is 1. The third-order valence-electron chi connectivity index (χ3n) is 4.90. The highest BCUT2D eigenvalue weighted by molar-refractivity contribution is 6.32. The van der Waals surface area contributed by atoms with Crippen molar-refractivity contribution in [1.29, 1.82) is 0 Å². The monoisotopic (exact) mass is 333 g/mol. The minimum Gasteiger partial charge on any atom is -0.395 e. The number of nitrogens with zero attached hydrogens (tertiary/aromatic N) is 3. The number of aromatic nitrogens is 1. The molecule has 0 bridgehead atoms. The summed E-state index contributed by atoms with van der Waals surface area (Å²) in [7, 11) is 2.09. The van der Waals surface area contributed by atoms with Gasteiger partial charge in [-0.3, -0.25) is 0 Å². The van der Waals surface area contributed by atoms with E-state index < -0.39 is 0 Å². The zero-order valence-corrected chi connectivity index (χ0v) is 14.6. The summed E-state index contributed by atoms with van der Waals surface area (Å²) in [5.41, 5.74) is 2.04. The fraction of sp³-hybridized carbons (Fsp3) is 0.500. The van der Waals surface area contributed by atoms with Crippen LogP contribution in [0.25, 0.3) is 10.9 Å². The van der Waals surface area contributed by atoms with Crippen LogP contribution in [0.4, 0.5) is 5.82 Å². The van der Waals surface area contributed by atoms with Gasteiger partial charge in [-0.2, -0.15) is 0 Å². The first kappa shape index (κ1) is 16.5. The van der Waals surface area contributed by atoms with E-state index in [2.05, 4.69) is 29.0 Å². The molecule has 0 unspecified atom stereocenters. The quantitative estimate of drug-likeness (QED) is 0.933. The van der Waals surface area contributed by atoms with Gasteiger partial charge in [0.1, 0.15) is 5.82 Å². The maximum absolute atomic E-state index is 9.07. The van der Waals surface area contributed by atoms with Crippen LogP contribution in [0.5, 0.6) is 0 Å². The number of aliphatic hydroxyl groups is 1. The Labute approximate surface area is 142 Å². The van der Waals surface area contributed by atoms with Gasteiger partial charge in [-0.1, -0.05) is 17.7 Å². The van der Waals surface area contributed by atoms with E-state index in [0.717, 1.165) is 59.8 Å². The van der Waals surface area contributed by atoms with Gasteiger partial charge in [0.05, 0.1) is 12.1 Å². The van der Waals surface area contributed by atoms with Crippen LogP contribution in [0.3, 0.4) is 0 Å². The number of halogens is 1. The Bertz CT molecular complexity index is 683. The van der Waals surface area contributed by atoms with Crippen molar-refractivity contribution in [2.24, 2.45) is 0 Å². The Morgan fingerprint density at radius 1 is 1.26 bits per heavy atom. The number of likely N-dealkylation sites (N-methyl/N-ethyl adjacent to an activating group) is 1. The van der Waals surface area contributed by atoms with E-state index in [0.29, 0.717) is 6.04 Å². The lowest BCUT2D eigenvalue weighted by atomic mass is 10.0. The molecule has 0 amide bonds. The number of piperidine rings is 1. The molecule has 0 aliphatic carbocycles. The molecule has 1 aromatic heterocycles. The Kier molecular flexibility index (Phi) is 5.05. The van der Waals surface area contributed by atoms with Crippen LogP contribution >= 0.6 is 11.6 Å². The highest BCUT2D eigenvalue weighted by Gasteiger charge is 2.23. The van der Waals surface area contributed by atoms with Gasteiger partial charge < -0.3 is 14.9 Å². The van der Waals surface area contributed by atoms with E-state index in [1.807, 2.05) is 19.1 Å². The molecule has 3 rings (SSSR count). The maximum Gasteiger partial charge on any atom is 0.129 e. The van der Waals surface area contributed by atoms with Crippen LogP contribution in [0.15, 0.2) is 24.3 Å². The van der Waals surface area contributed by atoms with E-state index in [4.69, 9.17) is 21.7 Å². The summed E-state index contributed by atoms with van der Waals surface area (Å²) in [6.45, 7) is 4.99. The fourth-order valence-electron chi connectivity index (χ4n) is 3.35. The van der Waals surface area contributed by atoms with E-state index in [1.54, 1.807) is 0 Å². The van der Waals surface area contributed by atoms with Gasteiger partial charge in [0.2, 0.25) is 0 Å². The second-order valence-electron chi connectivity index (χ2n) is 6.34. The molecule has 1 aromatic carbocycles. The van der Waals surface area contributed by atoms with Gasteiger partial charge in [0, 0.05) is 36.1 Å². The van der Waals surface area contributed by atoms with Gasteiger partial charge in [0.15, 0.2) is 0 Å². The van der Waals surface area contributed by atoms with Gasteiger partial charge in [-0.15, -0.1) is 0 Å². The summed E-state index contributed by atoms with van der Waals surface area (Å²) in [6.07, 6.45) is 2.20. The normalized spacial score (nSPS) is 16.5. The SMILES string of the molecule is Cc1c(Cl)ccc2ccc(N3CCC(N(C)CCO)CC3)nc12. The molecule has 4 nitrogen and oxygen atoms in total. The second kappa shape index (κ2) is 7.04. The minimum atomic E-state index is 0.225. The van der Waals surface area contributed by atoms with E-state index in [1.165, 1.54) is 0 Å². The largest absolute Gasteiger partial charge is 0.395 e. The average molecular weight is 334 g/mol. The molecule has 1 fully saturated rings. The first-order valence-electron chi connectivity index (χ1n) is 8.22. The molecule has 1 N–H and O–H groups in total. The Morgan fingerprint density at radius 2 is 1.96 bits per heavy atom. The molecule has 2 aromatic rings. The predicted molar refractivity (Wildman–Crippen MR) is 96.4 cm³/mol. The Balaban J connectivity index is 1.76. The van der Waals surface area contributed by atoms with Crippen molar-refractivity contribution >= 4 is 28.3 Å². The first-order chi connectivity index (χ1) is 11.1. The number of pyridine rings is 1. The lowest BCUT2D eigenvalue weighted by Gasteiger charge is -2.37. The van der Waals surface area contributed by atoms with Crippen molar-refractivity contribution in [1.82, 2.24) is 9.88 Å². The van der Waals surface area contributed by atoms with Crippen LogP contribution in [0.2, 0.25) is 5.02 Å². The fourth-order valence-corrected chi connectivity index (χ4v) is 3.50. The van der Waals surface area contributed by atoms with Gasteiger partial charge in [0.25, 0.3) is 0 Å². The number of rotatable bonds is 4. The highest BCUT2D eigenvalue weighted by Crippen LogP contribution is 2.27. The molecule has 23 heavy (non-hydrogen) atoms. The van der Waals surface area contributed by atoms with Crippen molar-refractivity contribution in [3.8, 4) is 0 Å². The molecule has 5 heteroatoms. The number of aliphatic hydroxyl groups excluding tert-OH is 1. The predicted octanol–water partition coefficient (Wildman–Crippen LogP) is 3.09. The summed E-state index contributed by atoms with van der Waals surface area (Å²) in [4.78, 5) is 9.46. The van der Waals surface area contributed by atoms with Crippen molar-refractivity contribution in [2.75, 3.05) is 38.2 Å².